The maximum atomic E-state index is 11.7. The lowest BCUT2D eigenvalue weighted by molar-refractivity contribution is -0.146. The largest absolute Gasteiger partial charge is 0.468 e. The van der Waals surface area contributed by atoms with Crippen molar-refractivity contribution < 1.29 is 9.53 Å². The number of methoxy groups -OCH3 is 1. The van der Waals surface area contributed by atoms with E-state index in [-0.39, 0.29) is 12.0 Å². The predicted octanol–water partition coefficient (Wildman–Crippen LogP) is 2.08. The van der Waals surface area contributed by atoms with Gasteiger partial charge in [-0.1, -0.05) is 18.2 Å². The maximum Gasteiger partial charge on any atom is 0.322 e. The van der Waals surface area contributed by atoms with Crippen LogP contribution in [0, 0.1) is 11.3 Å². The third kappa shape index (κ3) is 3.12. The van der Waals surface area contributed by atoms with Gasteiger partial charge in [-0.3, -0.25) is 9.69 Å². The molecule has 100 valence electrons. The number of carbonyl (C=O) groups excluding carboxylic acids is 1. The second kappa shape index (κ2) is 5.85. The number of hydrogen-bond donors (Lipinski definition) is 0. The molecule has 1 atom stereocenters. The Bertz CT molecular complexity index is 503. The molecule has 19 heavy (non-hydrogen) atoms. The molecule has 4 heteroatoms. The smallest absolute Gasteiger partial charge is 0.322 e. The first kappa shape index (κ1) is 13.6. The fourth-order valence-corrected chi connectivity index (χ4v) is 2.26. The summed E-state index contributed by atoms with van der Waals surface area (Å²) >= 11 is 0. The molecular weight excluding hydrogens is 240 g/mol. The van der Waals surface area contributed by atoms with E-state index in [4.69, 9.17) is 10.00 Å². The monoisotopic (exact) mass is 258 g/mol. The Labute approximate surface area is 113 Å². The molecule has 1 saturated carbocycles. The van der Waals surface area contributed by atoms with Gasteiger partial charge in [0.1, 0.15) is 6.04 Å². The average Bonchev–Trinajstić information content (AvgIpc) is 3.28. The zero-order valence-corrected chi connectivity index (χ0v) is 11.3. The highest BCUT2D eigenvalue weighted by Gasteiger charge is 2.35. The van der Waals surface area contributed by atoms with E-state index in [0.29, 0.717) is 18.2 Å². The summed E-state index contributed by atoms with van der Waals surface area (Å²) in [5.41, 5.74) is 1.64. The van der Waals surface area contributed by atoms with Crippen LogP contribution in [0.15, 0.2) is 24.3 Å². The van der Waals surface area contributed by atoms with Crippen LogP contribution in [0.1, 0.15) is 30.9 Å². The number of esters is 1. The predicted molar refractivity (Wildman–Crippen MR) is 71.2 cm³/mol. The Morgan fingerprint density at radius 2 is 2.21 bits per heavy atom. The molecule has 4 nitrogen and oxygen atoms in total. The number of carbonyl (C=O) groups is 1. The van der Waals surface area contributed by atoms with Crippen molar-refractivity contribution in [3.8, 4) is 6.07 Å². The Hall–Kier alpha value is -1.86. The number of rotatable bonds is 5. The highest BCUT2D eigenvalue weighted by atomic mass is 16.5. The van der Waals surface area contributed by atoms with Gasteiger partial charge in [-0.15, -0.1) is 0 Å². The standard InChI is InChI=1S/C15H18N2O2/c1-11(15(18)19-2)17(14-7-8-14)10-13-6-4-3-5-12(13)9-16/h3-6,11,14H,7-8,10H2,1-2H3. The Kier molecular flexibility index (Phi) is 4.18. The molecule has 0 aromatic heterocycles. The van der Waals surface area contributed by atoms with Gasteiger partial charge in [0.2, 0.25) is 0 Å². The van der Waals surface area contributed by atoms with Gasteiger partial charge < -0.3 is 4.74 Å². The highest BCUT2D eigenvalue weighted by molar-refractivity contribution is 5.75. The summed E-state index contributed by atoms with van der Waals surface area (Å²) in [4.78, 5) is 13.8. The van der Waals surface area contributed by atoms with E-state index in [2.05, 4.69) is 11.0 Å². The van der Waals surface area contributed by atoms with Gasteiger partial charge in [-0.2, -0.15) is 5.26 Å². The lowest BCUT2D eigenvalue weighted by Gasteiger charge is -2.27. The van der Waals surface area contributed by atoms with Crippen molar-refractivity contribution in [2.24, 2.45) is 0 Å². The topological polar surface area (TPSA) is 53.3 Å². The molecule has 1 aliphatic carbocycles. The van der Waals surface area contributed by atoms with Gasteiger partial charge in [0.05, 0.1) is 18.7 Å². The fraction of sp³-hybridized carbons (Fsp3) is 0.467. The minimum absolute atomic E-state index is 0.221. The lowest BCUT2D eigenvalue weighted by Crippen LogP contribution is -2.40. The second-order valence-corrected chi connectivity index (χ2v) is 4.87. The van der Waals surface area contributed by atoms with Crippen LogP contribution in [0.3, 0.4) is 0 Å². The molecule has 1 aromatic carbocycles. The van der Waals surface area contributed by atoms with Crippen molar-refractivity contribution in [1.29, 1.82) is 5.26 Å². The number of nitrogens with zero attached hydrogens (tertiary/aromatic N) is 2. The zero-order chi connectivity index (χ0) is 13.8. The number of ether oxygens (including phenoxy) is 1. The number of hydrogen-bond acceptors (Lipinski definition) is 4. The van der Waals surface area contributed by atoms with E-state index in [1.807, 2.05) is 31.2 Å². The van der Waals surface area contributed by atoms with Crippen LogP contribution in [0.4, 0.5) is 0 Å². The van der Waals surface area contributed by atoms with E-state index in [0.717, 1.165) is 18.4 Å². The van der Waals surface area contributed by atoms with E-state index >= 15 is 0 Å². The van der Waals surface area contributed by atoms with Crippen molar-refractivity contribution in [3.63, 3.8) is 0 Å². The molecule has 1 aliphatic rings. The molecular formula is C15H18N2O2. The van der Waals surface area contributed by atoms with Crippen LogP contribution in [-0.4, -0.2) is 30.1 Å². The van der Waals surface area contributed by atoms with E-state index in [1.165, 1.54) is 7.11 Å². The van der Waals surface area contributed by atoms with Crippen molar-refractivity contribution in [2.75, 3.05) is 7.11 Å². The summed E-state index contributed by atoms with van der Waals surface area (Å²) in [5, 5.41) is 9.12. The summed E-state index contributed by atoms with van der Waals surface area (Å²) in [6.07, 6.45) is 2.21. The molecule has 1 aromatic rings. The molecule has 0 aliphatic heterocycles. The molecule has 0 bridgehead atoms. The van der Waals surface area contributed by atoms with Gasteiger partial charge in [-0.25, -0.2) is 0 Å². The lowest BCUT2D eigenvalue weighted by atomic mass is 10.1. The van der Waals surface area contributed by atoms with E-state index in [1.54, 1.807) is 0 Å². The number of nitriles is 1. The Balaban J connectivity index is 2.17. The van der Waals surface area contributed by atoms with Gasteiger partial charge in [-0.05, 0) is 31.4 Å². The Morgan fingerprint density at radius 1 is 1.53 bits per heavy atom. The first-order chi connectivity index (χ1) is 9.17. The summed E-state index contributed by atoms with van der Waals surface area (Å²) in [7, 11) is 1.41. The van der Waals surface area contributed by atoms with Gasteiger partial charge in [0, 0.05) is 12.6 Å². The van der Waals surface area contributed by atoms with Crippen molar-refractivity contribution >= 4 is 5.97 Å². The van der Waals surface area contributed by atoms with E-state index < -0.39 is 0 Å². The minimum atomic E-state index is -0.274. The van der Waals surface area contributed by atoms with Crippen LogP contribution in [0.25, 0.3) is 0 Å². The molecule has 0 radical (unpaired) electrons. The molecule has 0 heterocycles. The first-order valence-electron chi connectivity index (χ1n) is 6.49. The average molecular weight is 258 g/mol. The maximum absolute atomic E-state index is 11.7. The van der Waals surface area contributed by atoms with Gasteiger partial charge >= 0.3 is 5.97 Å². The third-order valence-corrected chi connectivity index (χ3v) is 3.55. The van der Waals surface area contributed by atoms with Crippen LogP contribution < -0.4 is 0 Å². The third-order valence-electron chi connectivity index (χ3n) is 3.55. The van der Waals surface area contributed by atoms with Crippen molar-refractivity contribution in [2.45, 2.75) is 38.4 Å². The first-order valence-corrected chi connectivity index (χ1v) is 6.49. The molecule has 0 N–H and O–H groups in total. The number of benzene rings is 1. The quantitative estimate of drug-likeness (QED) is 0.759. The zero-order valence-electron chi connectivity index (χ0n) is 11.3. The molecule has 0 saturated heterocycles. The molecule has 1 unspecified atom stereocenters. The van der Waals surface area contributed by atoms with Gasteiger partial charge in [0.25, 0.3) is 0 Å². The summed E-state index contributed by atoms with van der Waals surface area (Å²) in [6, 6.07) is 9.88. The molecule has 2 rings (SSSR count). The summed E-state index contributed by atoms with van der Waals surface area (Å²) in [5.74, 6) is -0.221. The normalized spacial score (nSPS) is 15.9. The van der Waals surface area contributed by atoms with Crippen LogP contribution >= 0.6 is 0 Å². The minimum Gasteiger partial charge on any atom is -0.468 e. The van der Waals surface area contributed by atoms with Crippen LogP contribution in [0.5, 0.6) is 0 Å². The molecule has 1 fully saturated rings. The Morgan fingerprint density at radius 3 is 2.79 bits per heavy atom. The highest BCUT2D eigenvalue weighted by Crippen LogP contribution is 2.30. The fourth-order valence-electron chi connectivity index (χ4n) is 2.26. The summed E-state index contributed by atoms with van der Waals surface area (Å²) in [6.45, 7) is 2.48. The van der Waals surface area contributed by atoms with Crippen LogP contribution in [0.2, 0.25) is 0 Å². The van der Waals surface area contributed by atoms with Gasteiger partial charge in [0.15, 0.2) is 0 Å². The SMILES string of the molecule is COC(=O)C(C)N(Cc1ccccc1C#N)C1CC1. The van der Waals surface area contributed by atoms with Crippen LogP contribution in [-0.2, 0) is 16.1 Å². The second-order valence-electron chi connectivity index (χ2n) is 4.87. The van der Waals surface area contributed by atoms with Crippen molar-refractivity contribution in [1.82, 2.24) is 4.90 Å². The molecule has 0 amide bonds. The molecule has 0 spiro atoms. The summed E-state index contributed by atoms with van der Waals surface area (Å²) < 4.78 is 4.82. The van der Waals surface area contributed by atoms with Crippen molar-refractivity contribution in [3.05, 3.63) is 35.4 Å². The van der Waals surface area contributed by atoms with E-state index in [9.17, 15) is 4.79 Å².